The first-order chi connectivity index (χ1) is 13.0. The van der Waals surface area contributed by atoms with E-state index < -0.39 is 6.29 Å². The zero-order valence-electron chi connectivity index (χ0n) is 18.4. The number of allylic oxidation sites excluding steroid dienone is 2. The molecule has 1 rings (SSSR count). The minimum absolute atomic E-state index is 0.121. The second kappa shape index (κ2) is 25.4. The van der Waals surface area contributed by atoms with Crippen LogP contribution in [0.1, 0.15) is 79.6 Å². The van der Waals surface area contributed by atoms with Crippen molar-refractivity contribution in [3.63, 3.8) is 0 Å². The van der Waals surface area contributed by atoms with Crippen LogP contribution in [0.2, 0.25) is 0 Å². The van der Waals surface area contributed by atoms with E-state index in [0.717, 1.165) is 51.7 Å². The maximum Gasteiger partial charge on any atom is 0.305 e. The number of carbonyl (C=O) groups excluding carboxylic acids is 1. The normalized spacial score (nSPS) is 16.4. The maximum atomic E-state index is 10.5. The van der Waals surface area contributed by atoms with Crippen molar-refractivity contribution < 1.29 is 19.7 Å². The largest absolute Gasteiger partial charge is 0.469 e. The second-order valence-corrected chi connectivity index (χ2v) is 6.32. The Morgan fingerprint density at radius 1 is 1.26 bits per heavy atom. The fourth-order valence-corrected chi connectivity index (χ4v) is 2.68. The number of hydrogen-bond acceptors (Lipinski definition) is 5. The maximum absolute atomic E-state index is 10.5. The van der Waals surface area contributed by atoms with Crippen LogP contribution in [0.25, 0.3) is 0 Å². The fraction of sp³-hybridized carbons (Fsp3) is 0.857. The summed E-state index contributed by atoms with van der Waals surface area (Å²) in [7, 11) is 1.41. The Morgan fingerprint density at radius 2 is 1.89 bits per heavy atom. The van der Waals surface area contributed by atoms with E-state index in [1.165, 1.54) is 7.11 Å². The van der Waals surface area contributed by atoms with Crippen LogP contribution in [0.15, 0.2) is 12.2 Å². The number of likely N-dealkylation sites (tertiary alicyclic amines) is 1. The van der Waals surface area contributed by atoms with E-state index >= 15 is 0 Å². The van der Waals surface area contributed by atoms with Gasteiger partial charge < -0.3 is 19.8 Å². The van der Waals surface area contributed by atoms with Crippen molar-refractivity contribution in [3.8, 4) is 0 Å². The number of ether oxygens (including phenoxy) is 1. The lowest BCUT2D eigenvalue weighted by molar-refractivity contribution is -0.140. The third-order valence-electron chi connectivity index (χ3n) is 3.60. The van der Waals surface area contributed by atoms with Crippen molar-refractivity contribution in [1.82, 2.24) is 4.90 Å². The molecule has 1 aliphatic heterocycles. The number of unbranched alkanes of at least 4 members (excludes halogenated alkanes) is 1. The molecule has 0 radical (unpaired) electrons. The van der Waals surface area contributed by atoms with Crippen molar-refractivity contribution in [2.75, 3.05) is 26.7 Å². The number of aliphatic hydroxyl groups excluding tert-OH is 1. The van der Waals surface area contributed by atoms with Gasteiger partial charge in [0.15, 0.2) is 6.29 Å². The van der Waals surface area contributed by atoms with Gasteiger partial charge in [-0.1, -0.05) is 39.8 Å². The number of nitrogens with zero attached hydrogens (tertiary/aromatic N) is 1. The molecule has 0 aliphatic carbocycles. The van der Waals surface area contributed by atoms with E-state index in [-0.39, 0.29) is 11.3 Å². The molecule has 0 aromatic heterocycles. The molecule has 1 heterocycles. The van der Waals surface area contributed by atoms with Gasteiger partial charge in [0.25, 0.3) is 0 Å². The molecule has 1 unspecified atom stereocenters. The standard InChI is InChI=1S/C9H18ClNO2.C8H14O2.2C2H6/c10-8-3-1-5-11(7-8)6-2-4-9(12)13;1-3-4-5-6-7-8(9)10-2;2*1-2/h8-9,12-13H,1-7H2;3-4H,5-7H2,1-2H3;2*1-2H3/b;4-3-;;. The van der Waals surface area contributed by atoms with Crippen LogP contribution in [0.3, 0.4) is 0 Å². The van der Waals surface area contributed by atoms with Crippen molar-refractivity contribution in [2.45, 2.75) is 91.2 Å². The molecular weight excluding hydrogens is 366 g/mol. The summed E-state index contributed by atoms with van der Waals surface area (Å²) < 4.78 is 4.47. The van der Waals surface area contributed by atoms with Crippen LogP contribution in [-0.2, 0) is 9.53 Å². The first-order valence-corrected chi connectivity index (χ1v) is 10.8. The van der Waals surface area contributed by atoms with Gasteiger partial charge in [0.05, 0.1) is 7.11 Å². The first kappa shape index (κ1) is 31.1. The van der Waals surface area contributed by atoms with Crippen LogP contribution >= 0.6 is 11.6 Å². The Bertz CT molecular complexity index is 325. The Hall–Kier alpha value is -0.620. The number of aliphatic hydroxyl groups is 2. The molecule has 0 saturated carbocycles. The summed E-state index contributed by atoms with van der Waals surface area (Å²) in [4.78, 5) is 12.8. The molecule has 0 amide bonds. The van der Waals surface area contributed by atoms with Gasteiger partial charge in [-0.15, -0.1) is 11.6 Å². The predicted octanol–water partition coefficient (Wildman–Crippen LogP) is 4.74. The predicted molar refractivity (Wildman–Crippen MR) is 116 cm³/mol. The Kier molecular flexibility index (Phi) is 29.2. The molecule has 6 heteroatoms. The zero-order chi connectivity index (χ0) is 21.5. The van der Waals surface area contributed by atoms with Crippen LogP contribution < -0.4 is 0 Å². The Balaban J connectivity index is -0.000000369. The lowest BCUT2D eigenvalue weighted by atomic mass is 10.1. The van der Waals surface area contributed by atoms with E-state index in [2.05, 4.69) is 9.64 Å². The molecule has 1 aliphatic rings. The first-order valence-electron chi connectivity index (χ1n) is 10.4. The topological polar surface area (TPSA) is 70.0 Å². The molecule has 0 bridgehead atoms. The molecule has 1 saturated heterocycles. The summed E-state index contributed by atoms with van der Waals surface area (Å²) in [5.41, 5.74) is 0. The average Bonchev–Trinajstić information content (AvgIpc) is 2.68. The Morgan fingerprint density at radius 3 is 2.37 bits per heavy atom. The molecule has 0 aromatic carbocycles. The van der Waals surface area contributed by atoms with Crippen molar-refractivity contribution in [2.24, 2.45) is 0 Å². The summed E-state index contributed by atoms with van der Waals surface area (Å²) in [6, 6.07) is 0. The van der Waals surface area contributed by atoms with Crippen molar-refractivity contribution in [1.29, 1.82) is 0 Å². The fourth-order valence-electron chi connectivity index (χ4n) is 2.33. The van der Waals surface area contributed by atoms with Crippen LogP contribution in [0.4, 0.5) is 0 Å². The third-order valence-corrected chi connectivity index (χ3v) is 3.96. The van der Waals surface area contributed by atoms with Crippen LogP contribution in [-0.4, -0.2) is 59.5 Å². The Labute approximate surface area is 172 Å². The van der Waals surface area contributed by atoms with Crippen LogP contribution in [0.5, 0.6) is 0 Å². The lowest BCUT2D eigenvalue weighted by Crippen LogP contribution is -2.36. The van der Waals surface area contributed by atoms with Gasteiger partial charge in [0.2, 0.25) is 0 Å². The van der Waals surface area contributed by atoms with Gasteiger partial charge in [0.1, 0.15) is 0 Å². The summed E-state index contributed by atoms with van der Waals surface area (Å²) in [5, 5.41) is 17.6. The summed E-state index contributed by atoms with van der Waals surface area (Å²) in [6.07, 6.45) is 8.82. The molecule has 164 valence electrons. The highest BCUT2D eigenvalue weighted by atomic mass is 35.5. The van der Waals surface area contributed by atoms with Crippen molar-refractivity contribution in [3.05, 3.63) is 12.2 Å². The number of alkyl halides is 1. The van der Waals surface area contributed by atoms with Gasteiger partial charge in [0, 0.05) is 18.3 Å². The number of rotatable bonds is 8. The minimum atomic E-state index is -1.16. The van der Waals surface area contributed by atoms with Gasteiger partial charge in [-0.05, 0) is 58.5 Å². The van der Waals surface area contributed by atoms with E-state index in [4.69, 9.17) is 21.8 Å². The average molecular weight is 410 g/mol. The highest BCUT2D eigenvalue weighted by Crippen LogP contribution is 2.15. The molecule has 0 spiro atoms. The van der Waals surface area contributed by atoms with Crippen molar-refractivity contribution >= 4 is 17.6 Å². The SMILES string of the molecule is C/C=C\CCCC(=O)OC.CC.CC.OC(O)CCCN1CCCC(Cl)C1. The number of esters is 1. The van der Waals surface area contributed by atoms with E-state index in [9.17, 15) is 4.79 Å². The number of piperidine rings is 1. The lowest BCUT2D eigenvalue weighted by Gasteiger charge is -2.29. The smallest absolute Gasteiger partial charge is 0.305 e. The molecule has 2 N–H and O–H groups in total. The number of methoxy groups -OCH3 is 1. The minimum Gasteiger partial charge on any atom is -0.469 e. The van der Waals surface area contributed by atoms with Gasteiger partial charge >= 0.3 is 5.97 Å². The van der Waals surface area contributed by atoms with E-state index in [0.29, 0.717) is 12.8 Å². The molecule has 1 atom stereocenters. The molecule has 27 heavy (non-hydrogen) atoms. The second-order valence-electron chi connectivity index (χ2n) is 5.70. The molecule has 0 aromatic rings. The zero-order valence-corrected chi connectivity index (χ0v) is 19.2. The quantitative estimate of drug-likeness (QED) is 0.199. The summed E-state index contributed by atoms with van der Waals surface area (Å²) >= 11 is 6.01. The van der Waals surface area contributed by atoms with E-state index in [1.807, 2.05) is 46.8 Å². The van der Waals surface area contributed by atoms with Gasteiger partial charge in [-0.25, -0.2) is 0 Å². The molecular formula is C21H44ClNO4. The third kappa shape index (κ3) is 25.4. The summed E-state index contributed by atoms with van der Waals surface area (Å²) in [6.45, 7) is 13.0. The van der Waals surface area contributed by atoms with Gasteiger partial charge in [-0.2, -0.15) is 0 Å². The van der Waals surface area contributed by atoms with Gasteiger partial charge in [-0.3, -0.25) is 4.79 Å². The monoisotopic (exact) mass is 409 g/mol. The molecule has 1 fully saturated rings. The molecule has 5 nitrogen and oxygen atoms in total. The van der Waals surface area contributed by atoms with E-state index in [1.54, 1.807) is 0 Å². The highest BCUT2D eigenvalue weighted by Gasteiger charge is 2.17. The summed E-state index contributed by atoms with van der Waals surface area (Å²) in [5.74, 6) is -0.121. The number of carbonyl (C=O) groups is 1. The highest BCUT2D eigenvalue weighted by molar-refractivity contribution is 6.20. The number of halogens is 1. The van der Waals surface area contributed by atoms with Crippen LogP contribution in [0, 0.1) is 0 Å². The number of hydrogen-bond donors (Lipinski definition) is 2.